The van der Waals surface area contributed by atoms with Crippen molar-refractivity contribution in [3.05, 3.63) is 35.4 Å². The van der Waals surface area contributed by atoms with Crippen molar-refractivity contribution < 1.29 is 9.13 Å². The quantitative estimate of drug-likeness (QED) is 0.826. The van der Waals surface area contributed by atoms with Crippen LogP contribution in [0.5, 0.6) is 0 Å². The minimum Gasteiger partial charge on any atom is -0.373 e. The van der Waals surface area contributed by atoms with Gasteiger partial charge in [-0.1, -0.05) is 24.3 Å². The fourth-order valence-electron chi connectivity index (χ4n) is 2.00. The van der Waals surface area contributed by atoms with Crippen LogP contribution in [0.4, 0.5) is 4.39 Å². The van der Waals surface area contributed by atoms with Crippen LogP contribution in [0.3, 0.4) is 0 Å². The molecule has 82 valence electrons. The molecule has 1 aliphatic rings. The van der Waals surface area contributed by atoms with Crippen molar-refractivity contribution in [1.29, 1.82) is 0 Å². The summed E-state index contributed by atoms with van der Waals surface area (Å²) in [6.07, 6.45) is 0.203. The zero-order chi connectivity index (χ0) is 10.7. The predicted molar refractivity (Wildman–Crippen MR) is 57.4 cm³/mol. The highest BCUT2D eigenvalue weighted by molar-refractivity contribution is 5.30. The van der Waals surface area contributed by atoms with Crippen LogP contribution in [0, 0.1) is 0 Å². The summed E-state index contributed by atoms with van der Waals surface area (Å²) in [6.45, 7) is 0.751. The van der Waals surface area contributed by atoms with Gasteiger partial charge in [0.15, 0.2) is 0 Å². The predicted octanol–water partition coefficient (Wildman–Crippen LogP) is 1.99. The molecule has 0 aliphatic carbocycles. The maximum absolute atomic E-state index is 13.2. The molecular formula is C12H16FNO. The Morgan fingerprint density at radius 3 is 3.07 bits per heavy atom. The molecule has 1 aliphatic heterocycles. The second-order valence-electron chi connectivity index (χ2n) is 3.88. The molecule has 0 spiro atoms. The van der Waals surface area contributed by atoms with Gasteiger partial charge in [0, 0.05) is 13.0 Å². The van der Waals surface area contributed by atoms with Gasteiger partial charge in [-0.2, -0.15) is 0 Å². The van der Waals surface area contributed by atoms with E-state index in [1.165, 1.54) is 5.56 Å². The zero-order valence-corrected chi connectivity index (χ0v) is 8.66. The Bertz CT molecular complexity index is 329. The Hall–Kier alpha value is -0.930. The minimum atomic E-state index is -0.971. The number of hydrogen-bond acceptors (Lipinski definition) is 2. The van der Waals surface area contributed by atoms with Crippen molar-refractivity contribution in [2.75, 3.05) is 13.2 Å². The largest absolute Gasteiger partial charge is 0.373 e. The second kappa shape index (κ2) is 4.73. The average molecular weight is 209 g/mol. The molecule has 3 heteroatoms. The van der Waals surface area contributed by atoms with Crippen molar-refractivity contribution in [3.8, 4) is 0 Å². The van der Waals surface area contributed by atoms with E-state index in [0.29, 0.717) is 13.0 Å². The molecule has 2 nitrogen and oxygen atoms in total. The first-order valence-electron chi connectivity index (χ1n) is 5.35. The topological polar surface area (TPSA) is 35.2 Å². The number of halogens is 1. The summed E-state index contributed by atoms with van der Waals surface area (Å²) in [5, 5.41) is 0. The lowest BCUT2D eigenvalue weighted by molar-refractivity contribution is 0.0214. The van der Waals surface area contributed by atoms with Gasteiger partial charge in [0.25, 0.3) is 0 Å². The maximum atomic E-state index is 13.2. The summed E-state index contributed by atoms with van der Waals surface area (Å²) < 4.78 is 18.8. The van der Waals surface area contributed by atoms with Crippen LogP contribution in [0.2, 0.25) is 0 Å². The van der Waals surface area contributed by atoms with E-state index in [4.69, 9.17) is 10.5 Å². The number of ether oxygens (including phenoxy) is 1. The lowest BCUT2D eigenvalue weighted by atomic mass is 9.94. The number of hydrogen-bond donors (Lipinski definition) is 1. The summed E-state index contributed by atoms with van der Waals surface area (Å²) in [6, 6.07) is 8.08. The molecule has 15 heavy (non-hydrogen) atoms. The van der Waals surface area contributed by atoms with Crippen molar-refractivity contribution in [1.82, 2.24) is 0 Å². The summed E-state index contributed by atoms with van der Waals surface area (Å²) in [5.41, 5.74) is 7.68. The third-order valence-corrected chi connectivity index (χ3v) is 2.82. The Labute approximate surface area is 89.2 Å². The van der Waals surface area contributed by atoms with E-state index in [-0.39, 0.29) is 12.6 Å². The first-order chi connectivity index (χ1) is 7.31. The monoisotopic (exact) mass is 209 g/mol. The van der Waals surface area contributed by atoms with Crippen LogP contribution < -0.4 is 5.73 Å². The third kappa shape index (κ3) is 2.36. The first kappa shape index (κ1) is 10.6. The van der Waals surface area contributed by atoms with Crippen molar-refractivity contribution in [2.24, 2.45) is 5.73 Å². The van der Waals surface area contributed by atoms with E-state index < -0.39 is 6.17 Å². The van der Waals surface area contributed by atoms with Gasteiger partial charge in [0.1, 0.15) is 6.17 Å². The molecule has 0 aromatic heterocycles. The van der Waals surface area contributed by atoms with Gasteiger partial charge in [-0.15, -0.1) is 0 Å². The smallest absolute Gasteiger partial charge is 0.115 e. The van der Waals surface area contributed by atoms with Crippen LogP contribution >= 0.6 is 0 Å². The summed E-state index contributed by atoms with van der Waals surface area (Å²) in [4.78, 5) is 0. The summed E-state index contributed by atoms with van der Waals surface area (Å²) in [7, 11) is 0. The Balaban J connectivity index is 2.15. The summed E-state index contributed by atoms with van der Waals surface area (Å²) >= 11 is 0. The number of rotatable bonds is 3. The van der Waals surface area contributed by atoms with Crippen molar-refractivity contribution >= 4 is 0 Å². The van der Waals surface area contributed by atoms with Gasteiger partial charge in [-0.3, -0.25) is 0 Å². The fourth-order valence-corrected chi connectivity index (χ4v) is 2.00. The van der Waals surface area contributed by atoms with Gasteiger partial charge in [-0.25, -0.2) is 4.39 Å². The fraction of sp³-hybridized carbons (Fsp3) is 0.500. The zero-order valence-electron chi connectivity index (χ0n) is 8.66. The lowest BCUT2D eigenvalue weighted by Crippen LogP contribution is -2.23. The Morgan fingerprint density at radius 2 is 2.27 bits per heavy atom. The molecule has 0 amide bonds. The molecule has 0 saturated carbocycles. The SMILES string of the molecule is NCC(F)CC1OCCc2ccccc21. The molecular weight excluding hydrogens is 193 g/mol. The van der Waals surface area contributed by atoms with Crippen LogP contribution in [0.1, 0.15) is 23.7 Å². The highest BCUT2D eigenvalue weighted by Crippen LogP contribution is 2.30. The van der Waals surface area contributed by atoms with Gasteiger partial charge in [-0.05, 0) is 17.5 Å². The number of alkyl halides is 1. The molecule has 1 aromatic carbocycles. The van der Waals surface area contributed by atoms with Crippen molar-refractivity contribution in [3.63, 3.8) is 0 Å². The molecule has 1 aromatic rings. The van der Waals surface area contributed by atoms with Crippen LogP contribution in [0.15, 0.2) is 24.3 Å². The Kier molecular flexibility index (Phi) is 3.34. The molecule has 0 bridgehead atoms. The number of fused-ring (bicyclic) bond motifs is 1. The van der Waals surface area contributed by atoms with Gasteiger partial charge in [0.05, 0.1) is 12.7 Å². The van der Waals surface area contributed by atoms with E-state index in [0.717, 1.165) is 12.0 Å². The maximum Gasteiger partial charge on any atom is 0.115 e. The third-order valence-electron chi connectivity index (χ3n) is 2.82. The standard InChI is InChI=1S/C12H16FNO/c13-10(8-14)7-12-11-4-2-1-3-9(11)5-6-15-12/h1-4,10,12H,5-8,14H2. The van der Waals surface area contributed by atoms with Crippen molar-refractivity contribution in [2.45, 2.75) is 25.1 Å². The summed E-state index contributed by atoms with van der Waals surface area (Å²) in [5.74, 6) is 0. The minimum absolute atomic E-state index is 0.0715. The lowest BCUT2D eigenvalue weighted by Gasteiger charge is -2.26. The highest BCUT2D eigenvalue weighted by Gasteiger charge is 2.23. The molecule has 2 N–H and O–H groups in total. The van der Waals surface area contributed by atoms with Gasteiger partial charge in [0.2, 0.25) is 0 Å². The normalized spacial score (nSPS) is 22.1. The van der Waals surface area contributed by atoms with E-state index in [2.05, 4.69) is 6.07 Å². The molecule has 0 fully saturated rings. The van der Waals surface area contributed by atoms with Crippen LogP contribution in [-0.4, -0.2) is 19.3 Å². The van der Waals surface area contributed by atoms with Gasteiger partial charge < -0.3 is 10.5 Å². The van der Waals surface area contributed by atoms with E-state index >= 15 is 0 Å². The molecule has 0 radical (unpaired) electrons. The molecule has 2 atom stereocenters. The Morgan fingerprint density at radius 1 is 1.47 bits per heavy atom. The van der Waals surface area contributed by atoms with Crippen LogP contribution in [0.25, 0.3) is 0 Å². The molecule has 2 unspecified atom stereocenters. The van der Waals surface area contributed by atoms with E-state index in [1.807, 2.05) is 18.2 Å². The van der Waals surface area contributed by atoms with E-state index in [9.17, 15) is 4.39 Å². The van der Waals surface area contributed by atoms with E-state index in [1.54, 1.807) is 0 Å². The first-order valence-corrected chi connectivity index (χ1v) is 5.35. The van der Waals surface area contributed by atoms with Crippen LogP contribution in [-0.2, 0) is 11.2 Å². The average Bonchev–Trinajstić information content (AvgIpc) is 2.29. The second-order valence-corrected chi connectivity index (χ2v) is 3.88. The molecule has 1 heterocycles. The highest BCUT2D eigenvalue weighted by atomic mass is 19.1. The number of nitrogens with two attached hydrogens (primary N) is 1. The number of benzene rings is 1. The van der Waals surface area contributed by atoms with Gasteiger partial charge >= 0.3 is 0 Å². The molecule has 2 rings (SSSR count). The molecule has 0 saturated heterocycles.